The molecule has 0 bridgehead atoms. The van der Waals surface area contributed by atoms with E-state index >= 15 is 0 Å². The summed E-state index contributed by atoms with van der Waals surface area (Å²) in [4.78, 5) is 23.2. The number of anilines is 1. The highest BCUT2D eigenvalue weighted by molar-refractivity contribution is 7.08. The van der Waals surface area contributed by atoms with Crippen molar-refractivity contribution < 1.29 is 9.53 Å². The van der Waals surface area contributed by atoms with Gasteiger partial charge in [-0.3, -0.25) is 4.79 Å². The first-order valence-corrected chi connectivity index (χ1v) is 9.31. The Balaban J connectivity index is 1.81. The number of piperidine rings is 1. The minimum Gasteiger partial charge on any atom is -0.469 e. The fraction of sp³-hybridized carbons (Fsp3) is 0.316. The van der Waals surface area contributed by atoms with Crippen molar-refractivity contribution in [1.82, 2.24) is 9.97 Å². The molecule has 3 aromatic rings. The van der Waals surface area contributed by atoms with Gasteiger partial charge in [-0.25, -0.2) is 9.97 Å². The summed E-state index contributed by atoms with van der Waals surface area (Å²) in [5, 5.41) is 5.26. The van der Waals surface area contributed by atoms with Gasteiger partial charge in [0.25, 0.3) is 0 Å². The van der Waals surface area contributed by atoms with Gasteiger partial charge in [0.15, 0.2) is 0 Å². The Labute approximate surface area is 150 Å². The number of aromatic nitrogens is 2. The van der Waals surface area contributed by atoms with E-state index in [2.05, 4.69) is 37.8 Å². The Morgan fingerprint density at radius 3 is 3.04 bits per heavy atom. The number of rotatable bonds is 3. The molecule has 1 aromatic carbocycles. The largest absolute Gasteiger partial charge is 0.469 e. The lowest BCUT2D eigenvalue weighted by Gasteiger charge is -2.33. The maximum atomic E-state index is 12.0. The number of esters is 1. The molecule has 25 heavy (non-hydrogen) atoms. The monoisotopic (exact) mass is 353 g/mol. The molecule has 5 nitrogen and oxygen atoms in total. The molecular weight excluding hydrogens is 334 g/mol. The highest BCUT2D eigenvalue weighted by atomic mass is 32.1. The van der Waals surface area contributed by atoms with Crippen LogP contribution in [0.4, 0.5) is 5.82 Å². The summed E-state index contributed by atoms with van der Waals surface area (Å²) in [6.45, 7) is 1.52. The van der Waals surface area contributed by atoms with Gasteiger partial charge in [0.1, 0.15) is 12.1 Å². The lowest BCUT2D eigenvalue weighted by atomic mass is 9.97. The van der Waals surface area contributed by atoms with Crippen molar-refractivity contribution in [2.75, 3.05) is 25.1 Å². The van der Waals surface area contributed by atoms with Crippen LogP contribution in [0, 0.1) is 5.92 Å². The van der Waals surface area contributed by atoms with Crippen LogP contribution >= 0.6 is 11.3 Å². The van der Waals surface area contributed by atoms with E-state index in [9.17, 15) is 4.79 Å². The van der Waals surface area contributed by atoms with Gasteiger partial charge in [0, 0.05) is 13.1 Å². The number of carbonyl (C=O) groups is 1. The number of hydrogen-bond acceptors (Lipinski definition) is 6. The molecule has 0 N–H and O–H groups in total. The van der Waals surface area contributed by atoms with Gasteiger partial charge in [-0.1, -0.05) is 12.1 Å². The summed E-state index contributed by atoms with van der Waals surface area (Å²) in [6.07, 6.45) is 3.42. The summed E-state index contributed by atoms with van der Waals surface area (Å²) in [5.41, 5.74) is 3.23. The number of fused-ring (bicyclic) bond motifs is 1. The van der Waals surface area contributed by atoms with Crippen molar-refractivity contribution in [3.8, 4) is 11.1 Å². The van der Waals surface area contributed by atoms with Crippen LogP contribution in [0.25, 0.3) is 22.0 Å². The average Bonchev–Trinajstić information content (AvgIpc) is 3.21. The van der Waals surface area contributed by atoms with E-state index in [1.54, 1.807) is 17.7 Å². The molecule has 1 aliphatic heterocycles. The molecule has 1 saturated heterocycles. The fourth-order valence-electron chi connectivity index (χ4n) is 3.52. The zero-order valence-electron chi connectivity index (χ0n) is 14.0. The van der Waals surface area contributed by atoms with Crippen LogP contribution in [0.3, 0.4) is 0 Å². The Kier molecular flexibility index (Phi) is 4.36. The molecule has 3 heterocycles. The summed E-state index contributed by atoms with van der Waals surface area (Å²) in [6, 6.07) is 8.26. The molecule has 1 unspecified atom stereocenters. The SMILES string of the molecule is COC(=O)C1CCCN(c2ncnc3cccc(-c4ccsc4)c23)C1. The van der Waals surface area contributed by atoms with E-state index in [-0.39, 0.29) is 11.9 Å². The molecule has 1 atom stereocenters. The van der Waals surface area contributed by atoms with Crippen molar-refractivity contribution in [1.29, 1.82) is 0 Å². The number of thiophene rings is 1. The Bertz CT molecular complexity index is 890. The second kappa shape index (κ2) is 6.80. The van der Waals surface area contributed by atoms with E-state index in [1.165, 1.54) is 12.7 Å². The van der Waals surface area contributed by atoms with E-state index in [4.69, 9.17) is 4.74 Å². The van der Waals surface area contributed by atoms with E-state index in [1.807, 2.05) is 12.1 Å². The molecule has 128 valence electrons. The second-order valence-electron chi connectivity index (χ2n) is 6.22. The predicted molar refractivity (Wildman–Crippen MR) is 99.8 cm³/mol. The van der Waals surface area contributed by atoms with Gasteiger partial charge in [0.2, 0.25) is 0 Å². The molecular formula is C19H19N3O2S. The second-order valence-corrected chi connectivity index (χ2v) is 7.00. The van der Waals surface area contributed by atoms with Gasteiger partial charge < -0.3 is 9.64 Å². The maximum absolute atomic E-state index is 12.0. The van der Waals surface area contributed by atoms with Gasteiger partial charge in [-0.2, -0.15) is 11.3 Å². The topological polar surface area (TPSA) is 55.3 Å². The third-order valence-corrected chi connectivity index (χ3v) is 5.41. The van der Waals surface area contributed by atoms with Crippen LogP contribution in [0.5, 0.6) is 0 Å². The number of ether oxygens (including phenoxy) is 1. The standard InChI is InChI=1S/C19H19N3O2S/c1-24-19(23)13-4-3-8-22(10-13)18-17-15(14-7-9-25-11-14)5-2-6-16(17)20-12-21-18/h2,5-7,9,11-13H,3-4,8,10H2,1H3. The predicted octanol–water partition coefficient (Wildman–Crippen LogP) is 3.75. The normalized spacial score (nSPS) is 17.6. The third kappa shape index (κ3) is 2.98. The summed E-state index contributed by atoms with van der Waals surface area (Å²) in [7, 11) is 1.45. The molecule has 6 heteroatoms. The van der Waals surface area contributed by atoms with Crippen LogP contribution in [-0.4, -0.2) is 36.1 Å². The molecule has 0 aliphatic carbocycles. The minimum atomic E-state index is -0.138. The van der Waals surface area contributed by atoms with Gasteiger partial charge >= 0.3 is 5.97 Å². The number of carbonyl (C=O) groups excluding carboxylic acids is 1. The van der Waals surface area contributed by atoms with Gasteiger partial charge in [0.05, 0.1) is 23.9 Å². The maximum Gasteiger partial charge on any atom is 0.310 e. The van der Waals surface area contributed by atoms with Crippen LogP contribution < -0.4 is 4.90 Å². The molecule has 0 radical (unpaired) electrons. The molecule has 2 aromatic heterocycles. The lowest BCUT2D eigenvalue weighted by Crippen LogP contribution is -2.39. The first-order valence-electron chi connectivity index (χ1n) is 8.37. The first-order chi connectivity index (χ1) is 12.3. The quantitative estimate of drug-likeness (QED) is 0.671. The number of nitrogens with zero attached hydrogens (tertiary/aromatic N) is 3. The number of benzene rings is 1. The van der Waals surface area contributed by atoms with Gasteiger partial charge in [-0.05, 0) is 46.9 Å². The van der Waals surface area contributed by atoms with Crippen LogP contribution in [0.2, 0.25) is 0 Å². The Morgan fingerprint density at radius 2 is 2.24 bits per heavy atom. The van der Waals surface area contributed by atoms with Crippen LogP contribution in [-0.2, 0) is 9.53 Å². The zero-order valence-corrected chi connectivity index (χ0v) is 14.8. The van der Waals surface area contributed by atoms with Gasteiger partial charge in [-0.15, -0.1) is 0 Å². The minimum absolute atomic E-state index is 0.0999. The Morgan fingerprint density at radius 1 is 1.32 bits per heavy atom. The first kappa shape index (κ1) is 16.0. The van der Waals surface area contributed by atoms with Crippen molar-refractivity contribution in [2.24, 2.45) is 5.92 Å². The van der Waals surface area contributed by atoms with Crippen molar-refractivity contribution in [3.05, 3.63) is 41.4 Å². The van der Waals surface area contributed by atoms with Crippen molar-refractivity contribution in [3.63, 3.8) is 0 Å². The smallest absolute Gasteiger partial charge is 0.310 e. The summed E-state index contributed by atoms with van der Waals surface area (Å²) < 4.78 is 4.95. The molecule has 1 aliphatic rings. The molecule has 0 saturated carbocycles. The third-order valence-electron chi connectivity index (χ3n) is 4.73. The van der Waals surface area contributed by atoms with Crippen molar-refractivity contribution >= 4 is 34.0 Å². The molecule has 4 rings (SSSR count). The Hall–Kier alpha value is -2.47. The van der Waals surface area contributed by atoms with E-state index in [0.29, 0.717) is 6.54 Å². The summed E-state index contributed by atoms with van der Waals surface area (Å²) in [5.74, 6) is 0.665. The highest BCUT2D eigenvalue weighted by Gasteiger charge is 2.28. The van der Waals surface area contributed by atoms with E-state index < -0.39 is 0 Å². The molecule has 1 fully saturated rings. The lowest BCUT2D eigenvalue weighted by molar-refractivity contribution is -0.145. The highest BCUT2D eigenvalue weighted by Crippen LogP contribution is 2.35. The number of hydrogen-bond donors (Lipinski definition) is 0. The molecule has 0 spiro atoms. The molecule has 0 amide bonds. The number of methoxy groups -OCH3 is 1. The zero-order chi connectivity index (χ0) is 17.2. The summed E-state index contributed by atoms with van der Waals surface area (Å²) >= 11 is 1.68. The van der Waals surface area contributed by atoms with Crippen LogP contribution in [0.15, 0.2) is 41.4 Å². The fourth-order valence-corrected chi connectivity index (χ4v) is 4.18. The van der Waals surface area contributed by atoms with Crippen molar-refractivity contribution in [2.45, 2.75) is 12.8 Å². The average molecular weight is 353 g/mol. The van der Waals surface area contributed by atoms with E-state index in [0.717, 1.165) is 41.7 Å². The van der Waals surface area contributed by atoms with Crippen LogP contribution in [0.1, 0.15) is 12.8 Å².